The highest BCUT2D eigenvalue weighted by molar-refractivity contribution is 5.91. The molecule has 2 heterocycles. The number of nitrogens with zero attached hydrogens (tertiary/aromatic N) is 4. The Balaban J connectivity index is 1.68. The SMILES string of the molecule is COCC1(CNC(=O)c2cn(-c3cccc([N+](=O)[O-])c3)nn2)CCNCC1. The van der Waals surface area contributed by atoms with Crippen LogP contribution in [0.2, 0.25) is 0 Å². The molecule has 0 bridgehead atoms. The van der Waals surface area contributed by atoms with E-state index in [9.17, 15) is 14.9 Å². The van der Waals surface area contributed by atoms with Gasteiger partial charge in [0.05, 0.1) is 23.4 Å². The Morgan fingerprint density at radius 3 is 2.93 bits per heavy atom. The minimum Gasteiger partial charge on any atom is -0.384 e. The van der Waals surface area contributed by atoms with Gasteiger partial charge in [0.15, 0.2) is 5.69 Å². The van der Waals surface area contributed by atoms with Gasteiger partial charge in [-0.15, -0.1) is 5.10 Å². The molecule has 10 nitrogen and oxygen atoms in total. The van der Waals surface area contributed by atoms with Gasteiger partial charge in [0.25, 0.3) is 11.6 Å². The highest BCUT2D eigenvalue weighted by atomic mass is 16.6. The van der Waals surface area contributed by atoms with E-state index in [1.54, 1.807) is 19.2 Å². The first kappa shape index (κ1) is 18.9. The minimum atomic E-state index is -0.484. The number of rotatable bonds is 7. The fourth-order valence-corrected chi connectivity index (χ4v) is 3.24. The number of aromatic nitrogens is 3. The molecule has 1 amide bonds. The summed E-state index contributed by atoms with van der Waals surface area (Å²) in [7, 11) is 1.66. The molecular weight excluding hydrogens is 352 g/mol. The van der Waals surface area contributed by atoms with Crippen molar-refractivity contribution in [3.05, 3.63) is 46.3 Å². The van der Waals surface area contributed by atoms with Gasteiger partial charge in [-0.25, -0.2) is 4.68 Å². The van der Waals surface area contributed by atoms with E-state index in [0.29, 0.717) is 18.8 Å². The van der Waals surface area contributed by atoms with Gasteiger partial charge in [-0.3, -0.25) is 14.9 Å². The standard InChI is InChI=1S/C17H22N6O4/c1-27-12-17(5-7-18-8-6-17)11-19-16(24)15-10-22(21-20-15)13-3-2-4-14(9-13)23(25)26/h2-4,9-10,18H,5-8,11-12H2,1H3,(H,19,24). The van der Waals surface area contributed by atoms with Crippen LogP contribution >= 0.6 is 0 Å². The zero-order valence-electron chi connectivity index (χ0n) is 15.1. The molecule has 1 aromatic heterocycles. The first-order valence-corrected chi connectivity index (χ1v) is 8.68. The summed E-state index contributed by atoms with van der Waals surface area (Å²) in [5, 5.41) is 24.9. The molecule has 0 radical (unpaired) electrons. The quantitative estimate of drug-likeness (QED) is 0.545. The number of non-ortho nitro benzene ring substituents is 1. The number of hydrogen-bond donors (Lipinski definition) is 2. The van der Waals surface area contributed by atoms with Gasteiger partial charge in [-0.2, -0.15) is 0 Å². The second-order valence-electron chi connectivity index (χ2n) is 6.69. The van der Waals surface area contributed by atoms with E-state index in [1.807, 2.05) is 0 Å². The molecule has 0 atom stereocenters. The number of nitro groups is 1. The van der Waals surface area contributed by atoms with Crippen molar-refractivity contribution in [1.29, 1.82) is 0 Å². The van der Waals surface area contributed by atoms with Crippen molar-refractivity contribution in [2.45, 2.75) is 12.8 Å². The van der Waals surface area contributed by atoms with E-state index in [-0.39, 0.29) is 22.7 Å². The maximum Gasteiger partial charge on any atom is 0.273 e. The Bertz CT molecular complexity index is 810. The van der Waals surface area contributed by atoms with Crippen molar-refractivity contribution in [3.8, 4) is 5.69 Å². The summed E-state index contributed by atoms with van der Waals surface area (Å²) in [6, 6.07) is 5.98. The summed E-state index contributed by atoms with van der Waals surface area (Å²) in [4.78, 5) is 22.9. The number of amides is 1. The Morgan fingerprint density at radius 2 is 2.22 bits per heavy atom. The molecule has 1 aromatic carbocycles. The Hall–Kier alpha value is -2.85. The molecule has 0 aliphatic carbocycles. The molecule has 10 heteroatoms. The molecule has 27 heavy (non-hydrogen) atoms. The van der Waals surface area contributed by atoms with E-state index < -0.39 is 4.92 Å². The molecule has 2 aromatic rings. The fraction of sp³-hybridized carbons (Fsp3) is 0.471. The highest BCUT2D eigenvalue weighted by Crippen LogP contribution is 2.28. The summed E-state index contributed by atoms with van der Waals surface area (Å²) >= 11 is 0. The third kappa shape index (κ3) is 4.47. The van der Waals surface area contributed by atoms with Gasteiger partial charge in [-0.1, -0.05) is 11.3 Å². The number of carbonyl (C=O) groups is 1. The Morgan fingerprint density at radius 1 is 1.44 bits per heavy atom. The maximum absolute atomic E-state index is 12.5. The van der Waals surface area contributed by atoms with Crippen LogP contribution in [0.3, 0.4) is 0 Å². The van der Waals surface area contributed by atoms with Crippen molar-refractivity contribution in [2.75, 3.05) is 33.4 Å². The van der Waals surface area contributed by atoms with E-state index >= 15 is 0 Å². The van der Waals surface area contributed by atoms with E-state index in [1.165, 1.54) is 23.0 Å². The number of hydrogen-bond acceptors (Lipinski definition) is 7. The van der Waals surface area contributed by atoms with Gasteiger partial charge in [0, 0.05) is 31.2 Å². The molecule has 1 saturated heterocycles. The van der Waals surface area contributed by atoms with Crippen molar-refractivity contribution < 1.29 is 14.5 Å². The van der Waals surface area contributed by atoms with Crippen LogP contribution in [0.5, 0.6) is 0 Å². The highest BCUT2D eigenvalue weighted by Gasteiger charge is 2.32. The monoisotopic (exact) mass is 374 g/mol. The normalized spacial score (nSPS) is 16.0. The third-order valence-corrected chi connectivity index (χ3v) is 4.77. The van der Waals surface area contributed by atoms with Crippen LogP contribution in [-0.2, 0) is 4.74 Å². The van der Waals surface area contributed by atoms with Crippen molar-refractivity contribution in [1.82, 2.24) is 25.6 Å². The topological polar surface area (TPSA) is 124 Å². The average Bonchev–Trinajstić information content (AvgIpc) is 3.18. The first-order valence-electron chi connectivity index (χ1n) is 8.68. The molecule has 1 fully saturated rings. The number of nitro benzene ring substituents is 1. The second-order valence-corrected chi connectivity index (χ2v) is 6.69. The Kier molecular flexibility index (Phi) is 5.77. The lowest BCUT2D eigenvalue weighted by Crippen LogP contribution is -2.47. The van der Waals surface area contributed by atoms with Gasteiger partial charge in [0.2, 0.25) is 0 Å². The molecular formula is C17H22N6O4. The van der Waals surface area contributed by atoms with E-state index in [0.717, 1.165) is 25.9 Å². The number of carbonyl (C=O) groups excluding carboxylic acids is 1. The lowest BCUT2D eigenvalue weighted by molar-refractivity contribution is -0.384. The molecule has 1 aliphatic heterocycles. The van der Waals surface area contributed by atoms with Gasteiger partial charge < -0.3 is 15.4 Å². The summed E-state index contributed by atoms with van der Waals surface area (Å²) in [6.45, 7) is 2.85. The van der Waals surface area contributed by atoms with Crippen molar-refractivity contribution in [2.24, 2.45) is 5.41 Å². The lowest BCUT2D eigenvalue weighted by Gasteiger charge is -2.37. The predicted octanol–water partition coefficient (Wildman–Crippen LogP) is 0.921. The largest absolute Gasteiger partial charge is 0.384 e. The third-order valence-electron chi connectivity index (χ3n) is 4.77. The van der Waals surface area contributed by atoms with E-state index in [4.69, 9.17) is 4.74 Å². The molecule has 144 valence electrons. The van der Waals surface area contributed by atoms with Crippen LogP contribution in [0.15, 0.2) is 30.5 Å². The summed E-state index contributed by atoms with van der Waals surface area (Å²) in [6.07, 6.45) is 3.29. The van der Waals surface area contributed by atoms with Crippen LogP contribution in [0.25, 0.3) is 5.69 Å². The van der Waals surface area contributed by atoms with E-state index in [2.05, 4.69) is 20.9 Å². The number of ether oxygens (including phenoxy) is 1. The first-order chi connectivity index (χ1) is 13.0. The number of piperidine rings is 1. The number of methoxy groups -OCH3 is 1. The van der Waals surface area contributed by atoms with Gasteiger partial charge in [-0.05, 0) is 32.0 Å². The fourth-order valence-electron chi connectivity index (χ4n) is 3.24. The van der Waals surface area contributed by atoms with Crippen molar-refractivity contribution in [3.63, 3.8) is 0 Å². The number of benzene rings is 1. The van der Waals surface area contributed by atoms with Gasteiger partial charge in [0.1, 0.15) is 0 Å². The molecule has 0 saturated carbocycles. The summed E-state index contributed by atoms with van der Waals surface area (Å²) < 4.78 is 6.69. The zero-order chi connectivity index (χ0) is 19.3. The predicted molar refractivity (Wildman–Crippen MR) is 96.8 cm³/mol. The van der Waals surface area contributed by atoms with Crippen LogP contribution in [0.1, 0.15) is 23.3 Å². The zero-order valence-corrected chi connectivity index (χ0v) is 15.1. The average molecular weight is 374 g/mol. The second kappa shape index (κ2) is 8.23. The van der Waals surface area contributed by atoms with Crippen LogP contribution in [0, 0.1) is 15.5 Å². The summed E-state index contributed by atoms with van der Waals surface area (Å²) in [5.41, 5.74) is 0.473. The van der Waals surface area contributed by atoms with Crippen LogP contribution in [-0.4, -0.2) is 59.2 Å². The lowest BCUT2D eigenvalue weighted by atomic mass is 9.79. The van der Waals surface area contributed by atoms with Crippen LogP contribution < -0.4 is 10.6 Å². The molecule has 1 aliphatic rings. The Labute approximate surface area is 156 Å². The van der Waals surface area contributed by atoms with Crippen molar-refractivity contribution >= 4 is 11.6 Å². The minimum absolute atomic E-state index is 0.0542. The van der Waals surface area contributed by atoms with Gasteiger partial charge >= 0.3 is 0 Å². The summed E-state index contributed by atoms with van der Waals surface area (Å²) in [5.74, 6) is -0.333. The van der Waals surface area contributed by atoms with Crippen LogP contribution in [0.4, 0.5) is 5.69 Å². The molecule has 0 unspecified atom stereocenters. The molecule has 3 rings (SSSR count). The molecule has 2 N–H and O–H groups in total. The number of nitrogens with one attached hydrogen (secondary N) is 2. The maximum atomic E-state index is 12.5. The molecule has 0 spiro atoms. The smallest absolute Gasteiger partial charge is 0.273 e.